The fraction of sp³-hybridized carbons (Fsp3) is 0.364. The second kappa shape index (κ2) is 5.42. The first-order chi connectivity index (χ1) is 7.10. The predicted molar refractivity (Wildman–Crippen MR) is 63.9 cm³/mol. The van der Waals surface area contributed by atoms with E-state index in [0.717, 1.165) is 16.2 Å². The van der Waals surface area contributed by atoms with Crippen LogP contribution in [0.4, 0.5) is 0 Å². The Balaban J connectivity index is 3.13. The summed E-state index contributed by atoms with van der Waals surface area (Å²) in [6.07, 6.45) is 0. The molecule has 0 N–H and O–H groups in total. The second-order valence-corrected chi connectivity index (χ2v) is 4.74. The Kier molecular flexibility index (Phi) is 4.48. The number of methoxy groups -OCH3 is 1. The van der Waals surface area contributed by atoms with Gasteiger partial charge in [0, 0.05) is 4.90 Å². The molecule has 0 aliphatic rings. The maximum absolute atomic E-state index is 11.3. The van der Waals surface area contributed by atoms with Crippen molar-refractivity contribution in [3.8, 4) is 0 Å². The number of thioether (sulfide) groups is 1. The van der Waals surface area contributed by atoms with Crippen molar-refractivity contribution in [3.63, 3.8) is 0 Å². The molecule has 1 aromatic carbocycles. The molecule has 0 aliphatic carbocycles. The Bertz CT molecular complexity index is 377. The molecule has 0 aliphatic heterocycles. The molecule has 0 saturated carbocycles. The van der Waals surface area contributed by atoms with Gasteiger partial charge in [0.15, 0.2) is 0 Å². The molecule has 0 spiro atoms. The van der Waals surface area contributed by atoms with Gasteiger partial charge in [0.25, 0.3) is 0 Å². The average Bonchev–Trinajstić information content (AvgIpc) is 2.22. The van der Waals surface area contributed by atoms with E-state index in [4.69, 9.17) is 11.6 Å². The number of halogens is 1. The highest BCUT2D eigenvalue weighted by molar-refractivity contribution is 7.99. The Hall–Kier alpha value is -0.670. The van der Waals surface area contributed by atoms with Gasteiger partial charge in [0.1, 0.15) is 0 Å². The first-order valence-electron chi connectivity index (χ1n) is 4.61. The predicted octanol–water partition coefficient (Wildman–Crippen LogP) is 3.55. The molecule has 0 bridgehead atoms. The molecule has 0 heterocycles. The van der Waals surface area contributed by atoms with Gasteiger partial charge < -0.3 is 4.74 Å². The highest BCUT2D eigenvalue weighted by Gasteiger charge is 2.13. The van der Waals surface area contributed by atoms with Crippen molar-refractivity contribution < 1.29 is 9.53 Å². The van der Waals surface area contributed by atoms with Gasteiger partial charge in [-0.15, -0.1) is 11.8 Å². The van der Waals surface area contributed by atoms with Crippen molar-refractivity contribution in [1.29, 1.82) is 0 Å². The molecule has 4 heteroatoms. The first-order valence-corrected chi connectivity index (χ1v) is 5.97. The third-order valence-corrected chi connectivity index (χ3v) is 3.32. The van der Waals surface area contributed by atoms with Crippen LogP contribution in [0.1, 0.15) is 22.8 Å². The van der Waals surface area contributed by atoms with Gasteiger partial charge in [-0.2, -0.15) is 0 Å². The summed E-state index contributed by atoms with van der Waals surface area (Å²) in [4.78, 5) is 12.4. The van der Waals surface area contributed by atoms with Gasteiger partial charge in [0.2, 0.25) is 0 Å². The molecule has 2 nitrogen and oxygen atoms in total. The minimum absolute atomic E-state index is 0.392. The van der Waals surface area contributed by atoms with E-state index in [9.17, 15) is 4.79 Å². The van der Waals surface area contributed by atoms with Crippen molar-refractivity contribution in [2.24, 2.45) is 0 Å². The topological polar surface area (TPSA) is 26.3 Å². The molecule has 82 valence electrons. The second-order valence-electron chi connectivity index (χ2n) is 3.02. The van der Waals surface area contributed by atoms with Crippen molar-refractivity contribution in [3.05, 3.63) is 28.3 Å². The number of rotatable bonds is 3. The smallest absolute Gasteiger partial charge is 0.339 e. The number of carbonyl (C=O) groups is 1. The molecular formula is C11H13ClO2S. The third-order valence-electron chi connectivity index (χ3n) is 1.97. The summed E-state index contributed by atoms with van der Waals surface area (Å²) in [6.45, 7) is 4.03. The largest absolute Gasteiger partial charge is 0.465 e. The minimum Gasteiger partial charge on any atom is -0.465 e. The summed E-state index contributed by atoms with van der Waals surface area (Å²) >= 11 is 7.70. The number of esters is 1. The molecule has 0 amide bonds. The molecular weight excluding hydrogens is 232 g/mol. The van der Waals surface area contributed by atoms with Crippen LogP contribution in [0.15, 0.2) is 17.0 Å². The normalized spacial score (nSPS) is 10.1. The van der Waals surface area contributed by atoms with Crippen LogP contribution in [-0.2, 0) is 4.74 Å². The fourth-order valence-electron chi connectivity index (χ4n) is 1.24. The summed E-state index contributed by atoms with van der Waals surface area (Å²) in [5.74, 6) is 0.588. The molecule has 0 aromatic heterocycles. The van der Waals surface area contributed by atoms with E-state index in [1.54, 1.807) is 17.8 Å². The van der Waals surface area contributed by atoms with Crippen molar-refractivity contribution >= 4 is 29.3 Å². The molecule has 0 atom stereocenters. The van der Waals surface area contributed by atoms with Crippen LogP contribution in [0.25, 0.3) is 0 Å². The number of aryl methyl sites for hydroxylation is 1. The lowest BCUT2D eigenvalue weighted by Crippen LogP contribution is -2.03. The highest BCUT2D eigenvalue weighted by Crippen LogP contribution is 2.28. The molecule has 0 unspecified atom stereocenters. The lowest BCUT2D eigenvalue weighted by Gasteiger charge is -2.08. The molecule has 15 heavy (non-hydrogen) atoms. The van der Waals surface area contributed by atoms with Gasteiger partial charge in [0.05, 0.1) is 17.7 Å². The average molecular weight is 245 g/mol. The van der Waals surface area contributed by atoms with Crippen LogP contribution in [0.3, 0.4) is 0 Å². The van der Waals surface area contributed by atoms with Gasteiger partial charge in [-0.1, -0.05) is 18.5 Å². The zero-order valence-electron chi connectivity index (χ0n) is 8.96. The number of benzene rings is 1. The summed E-state index contributed by atoms with van der Waals surface area (Å²) < 4.78 is 4.64. The maximum atomic E-state index is 11.3. The van der Waals surface area contributed by atoms with E-state index < -0.39 is 5.97 Å². The number of hydrogen-bond donors (Lipinski definition) is 0. The number of ether oxygens (including phenoxy) is 1. The highest BCUT2D eigenvalue weighted by atomic mass is 35.5. The van der Waals surface area contributed by atoms with E-state index in [2.05, 4.69) is 11.7 Å². The van der Waals surface area contributed by atoms with E-state index in [1.807, 2.05) is 13.0 Å². The number of hydrogen-bond acceptors (Lipinski definition) is 3. The zero-order chi connectivity index (χ0) is 11.4. The summed E-state index contributed by atoms with van der Waals surface area (Å²) in [5.41, 5.74) is 1.48. The summed E-state index contributed by atoms with van der Waals surface area (Å²) in [6, 6.07) is 3.59. The van der Waals surface area contributed by atoms with Crippen LogP contribution in [0.2, 0.25) is 5.02 Å². The van der Waals surface area contributed by atoms with Crippen molar-refractivity contribution in [1.82, 2.24) is 0 Å². The molecule has 1 rings (SSSR count). The van der Waals surface area contributed by atoms with Gasteiger partial charge in [-0.25, -0.2) is 4.79 Å². The maximum Gasteiger partial charge on any atom is 0.339 e. The SMILES string of the molecule is CCSc1cc(Cl)c(C(=O)OC)cc1C. The van der Waals surface area contributed by atoms with E-state index >= 15 is 0 Å². The zero-order valence-corrected chi connectivity index (χ0v) is 10.5. The van der Waals surface area contributed by atoms with Crippen LogP contribution in [0, 0.1) is 6.92 Å². The minimum atomic E-state index is -0.392. The fourth-order valence-corrected chi connectivity index (χ4v) is 2.34. The first kappa shape index (κ1) is 12.4. The number of carbonyl (C=O) groups excluding carboxylic acids is 1. The van der Waals surface area contributed by atoms with Crippen molar-refractivity contribution in [2.75, 3.05) is 12.9 Å². The van der Waals surface area contributed by atoms with E-state index in [-0.39, 0.29) is 0 Å². The molecule has 0 saturated heterocycles. The van der Waals surface area contributed by atoms with E-state index in [1.165, 1.54) is 7.11 Å². The Morgan fingerprint density at radius 2 is 2.20 bits per heavy atom. The quantitative estimate of drug-likeness (QED) is 0.601. The standard InChI is InChI=1S/C11H13ClO2S/c1-4-15-10-6-9(12)8(5-7(10)2)11(13)14-3/h5-6H,4H2,1-3H3. The monoisotopic (exact) mass is 244 g/mol. The van der Waals surface area contributed by atoms with E-state index in [0.29, 0.717) is 10.6 Å². The molecule has 0 radical (unpaired) electrons. The van der Waals surface area contributed by atoms with Crippen LogP contribution >= 0.6 is 23.4 Å². The summed E-state index contributed by atoms with van der Waals surface area (Å²) in [5, 5.41) is 0.448. The third kappa shape index (κ3) is 2.89. The lowest BCUT2D eigenvalue weighted by atomic mass is 10.1. The van der Waals surface area contributed by atoms with Crippen molar-refractivity contribution in [2.45, 2.75) is 18.7 Å². The molecule has 0 fully saturated rings. The Labute approximate surface area is 99.0 Å². The van der Waals surface area contributed by atoms with Crippen LogP contribution in [-0.4, -0.2) is 18.8 Å². The van der Waals surface area contributed by atoms with Gasteiger partial charge in [-0.3, -0.25) is 0 Å². The van der Waals surface area contributed by atoms with Gasteiger partial charge in [-0.05, 0) is 30.4 Å². The van der Waals surface area contributed by atoms with Crippen LogP contribution in [0.5, 0.6) is 0 Å². The summed E-state index contributed by atoms with van der Waals surface area (Å²) in [7, 11) is 1.35. The van der Waals surface area contributed by atoms with Crippen LogP contribution < -0.4 is 0 Å². The van der Waals surface area contributed by atoms with Gasteiger partial charge >= 0.3 is 5.97 Å². The Morgan fingerprint density at radius 3 is 2.73 bits per heavy atom. The molecule has 1 aromatic rings. The lowest BCUT2D eigenvalue weighted by molar-refractivity contribution is 0.0601. The Morgan fingerprint density at radius 1 is 1.53 bits per heavy atom.